The molecule has 6 nitrogen and oxygen atoms in total. The van der Waals surface area contributed by atoms with Crippen molar-refractivity contribution < 1.29 is 15.7 Å². The molecule has 0 spiro atoms. The monoisotopic (exact) mass is 323 g/mol. The second kappa shape index (κ2) is 6.26. The number of thiocyanates is 4. The van der Waals surface area contributed by atoms with Crippen molar-refractivity contribution in [3.8, 4) is 21.6 Å². The van der Waals surface area contributed by atoms with E-state index in [1.165, 1.54) is 21.6 Å². The molecule has 11 heteroatoms. The van der Waals surface area contributed by atoms with Crippen LogP contribution in [0.15, 0.2) is 0 Å². The van der Waals surface area contributed by atoms with Crippen molar-refractivity contribution in [3.05, 3.63) is 0 Å². The van der Waals surface area contributed by atoms with Gasteiger partial charge in [-0.25, -0.2) is 0 Å². The van der Waals surface area contributed by atoms with Crippen LogP contribution in [0, 0.1) is 42.7 Å². The zero-order chi connectivity index (χ0) is 11.8. The molecule has 0 rings (SSSR count). The molecule has 0 bridgehead atoms. The number of nitriles is 4. The number of nitrogens with zero attached hydrogens (tertiary/aromatic N) is 4. The first-order valence-electron chi connectivity index (χ1n) is 2.56. The molecular formula is C4CoN4O2S4. The van der Waals surface area contributed by atoms with Crippen molar-refractivity contribution in [1.82, 2.24) is 0 Å². The topological polar surface area (TPSA) is 121 Å². The van der Waals surface area contributed by atoms with Gasteiger partial charge in [-0.05, 0) is 0 Å². The van der Waals surface area contributed by atoms with Crippen LogP contribution in [0.2, 0.25) is 0 Å². The average Bonchev–Trinajstić information content (AvgIpc) is 2.16. The first kappa shape index (κ1) is 14.6. The van der Waals surface area contributed by atoms with Gasteiger partial charge in [0, 0.05) is 0 Å². The normalized spacial score (nSPS) is 12.1. The summed E-state index contributed by atoms with van der Waals surface area (Å²) in [4.78, 5) is 0. The first-order chi connectivity index (χ1) is 7.04. The van der Waals surface area contributed by atoms with Gasteiger partial charge in [-0.3, -0.25) is 0 Å². The van der Waals surface area contributed by atoms with E-state index in [1.807, 2.05) is 0 Å². The van der Waals surface area contributed by atoms with Gasteiger partial charge >= 0.3 is 101 Å². The van der Waals surface area contributed by atoms with E-state index >= 15 is 0 Å². The molecule has 0 aliphatic rings. The quantitative estimate of drug-likeness (QED) is 0.550. The summed E-state index contributed by atoms with van der Waals surface area (Å²) in [6, 6.07) is 0. The minimum atomic E-state index is -4.62. The predicted octanol–water partition coefficient (Wildman–Crippen LogP) is 2.47. The number of rotatable bonds is 5. The fourth-order valence-corrected chi connectivity index (χ4v) is 8.05. The zero-order valence-corrected chi connectivity index (χ0v) is 10.9. The van der Waals surface area contributed by atoms with E-state index in [4.69, 9.17) is 21.0 Å². The summed E-state index contributed by atoms with van der Waals surface area (Å²) in [6.45, 7) is 0. The van der Waals surface area contributed by atoms with Crippen molar-refractivity contribution in [2.45, 2.75) is 0 Å². The van der Waals surface area contributed by atoms with Crippen LogP contribution in [0.5, 0.6) is 0 Å². The Labute approximate surface area is 100 Å². The molecule has 0 radical (unpaired) electrons. The average molecular weight is 323 g/mol. The molecule has 0 aliphatic carbocycles. The van der Waals surface area contributed by atoms with Gasteiger partial charge in [0.1, 0.15) is 0 Å². The van der Waals surface area contributed by atoms with E-state index in [2.05, 4.69) is 3.30 Å². The first-order valence-corrected chi connectivity index (χ1v) is 10.0. The van der Waals surface area contributed by atoms with Crippen molar-refractivity contribution >= 4 is 42.7 Å². The van der Waals surface area contributed by atoms with Crippen LogP contribution in [0.4, 0.5) is 0 Å². The Morgan fingerprint density at radius 1 is 0.867 bits per heavy atom. The Bertz CT molecular complexity index is 415. The van der Waals surface area contributed by atoms with E-state index in [0.717, 1.165) is 0 Å². The summed E-state index contributed by atoms with van der Waals surface area (Å²) >= 11 is 0.168. The minimum absolute atomic E-state index is 0.168. The summed E-state index contributed by atoms with van der Waals surface area (Å²) in [6.07, 6.45) is 0. The van der Waals surface area contributed by atoms with Crippen LogP contribution in [-0.2, 0) is 15.7 Å². The van der Waals surface area contributed by atoms with Gasteiger partial charge in [0.15, 0.2) is 0 Å². The van der Waals surface area contributed by atoms with Gasteiger partial charge < -0.3 is 0 Å². The van der Waals surface area contributed by atoms with Crippen molar-refractivity contribution in [1.29, 1.82) is 21.0 Å². The van der Waals surface area contributed by atoms with Crippen molar-refractivity contribution in [2.24, 2.45) is 0 Å². The molecular weight excluding hydrogens is 323 g/mol. The molecule has 0 aromatic carbocycles. The zero-order valence-electron chi connectivity index (χ0n) is 6.57. The molecule has 0 saturated heterocycles. The summed E-state index contributed by atoms with van der Waals surface area (Å²) < 4.78 is 16.8. The molecule has 0 unspecified atom stereocenters. The number of hydrogen-bond acceptors (Lipinski definition) is 10. The maximum atomic E-state index is 12.2. The third-order valence-electron chi connectivity index (χ3n) is 0.580. The van der Waals surface area contributed by atoms with E-state index < -0.39 is 8.50 Å². The second-order valence-corrected chi connectivity index (χ2v) is 15.1. The van der Waals surface area contributed by atoms with E-state index in [-0.39, 0.29) is 42.7 Å². The van der Waals surface area contributed by atoms with Gasteiger partial charge in [-0.1, -0.05) is 0 Å². The molecule has 0 atom stereocenters. The van der Waals surface area contributed by atoms with Crippen LogP contribution in [0.1, 0.15) is 0 Å². The predicted molar refractivity (Wildman–Crippen MR) is 54.6 cm³/mol. The molecule has 0 saturated carbocycles. The Hall–Kier alpha value is -0.374. The Morgan fingerprint density at radius 2 is 1.27 bits per heavy atom. The summed E-state index contributed by atoms with van der Waals surface area (Å²) in [5.41, 5.74) is 0. The summed E-state index contributed by atoms with van der Waals surface area (Å²) in [7, 11) is -4.07. The van der Waals surface area contributed by atoms with E-state index in [9.17, 15) is 3.87 Å². The molecule has 0 heterocycles. The van der Waals surface area contributed by atoms with Crippen LogP contribution >= 0.6 is 42.7 Å². The summed E-state index contributed by atoms with van der Waals surface area (Å²) in [5.74, 6) is 0. The molecule has 81 valence electrons. The van der Waals surface area contributed by atoms with E-state index in [0.29, 0.717) is 0 Å². The number of hydrogen-bond donors (Lipinski definition) is 0. The Balaban J connectivity index is 5.22. The van der Waals surface area contributed by atoms with Gasteiger partial charge in [0.05, 0.1) is 0 Å². The summed E-state index contributed by atoms with van der Waals surface area (Å²) in [5, 5.41) is 39.6. The second-order valence-electron chi connectivity index (χ2n) is 1.26. The van der Waals surface area contributed by atoms with Crippen molar-refractivity contribution in [2.75, 3.05) is 0 Å². The van der Waals surface area contributed by atoms with Gasteiger partial charge in [0.2, 0.25) is 0 Å². The molecule has 0 fully saturated rings. The fraction of sp³-hybridized carbons (Fsp3) is 0. The molecule has 0 N–H and O–H groups in total. The van der Waals surface area contributed by atoms with Crippen LogP contribution in [0.25, 0.3) is 0 Å². The Morgan fingerprint density at radius 3 is 1.53 bits per heavy atom. The van der Waals surface area contributed by atoms with Crippen LogP contribution in [0.3, 0.4) is 0 Å². The molecule has 0 aliphatic heterocycles. The standard InChI is InChI=1S/CHNOS.3CHNS.Co.O/c2-1-4-3;3*2-1-3;;/h3H;3*3H;;/q;;;;+4;/p-4. The van der Waals surface area contributed by atoms with Gasteiger partial charge in [-0.2, -0.15) is 0 Å². The van der Waals surface area contributed by atoms with E-state index in [1.54, 1.807) is 0 Å². The van der Waals surface area contributed by atoms with Crippen LogP contribution in [-0.4, -0.2) is 0 Å². The molecule has 0 aromatic heterocycles. The maximum absolute atomic E-state index is 12.2. The van der Waals surface area contributed by atoms with Gasteiger partial charge in [0.25, 0.3) is 0 Å². The molecule has 15 heavy (non-hydrogen) atoms. The third kappa shape index (κ3) is 4.33. The van der Waals surface area contributed by atoms with Crippen molar-refractivity contribution in [3.63, 3.8) is 0 Å². The Kier molecular flexibility index (Phi) is 6.11. The SMILES string of the molecule is N#CS[O][Co](=[O])([S]C#N)([S]C#N)[S]C#N. The molecule has 0 aromatic rings. The van der Waals surface area contributed by atoms with Crippen LogP contribution < -0.4 is 0 Å². The fourth-order valence-electron chi connectivity index (χ4n) is 0.283. The van der Waals surface area contributed by atoms with Gasteiger partial charge in [-0.15, -0.1) is 0 Å². The molecule has 0 amide bonds. The third-order valence-corrected chi connectivity index (χ3v) is 12.6.